The molecule has 2 aromatic rings. The van der Waals surface area contributed by atoms with E-state index in [9.17, 15) is 10.1 Å². The van der Waals surface area contributed by atoms with Crippen molar-refractivity contribution in [2.75, 3.05) is 44.7 Å². The molecule has 2 aliphatic rings. The topological polar surface area (TPSA) is 103 Å². The van der Waals surface area contributed by atoms with E-state index in [0.717, 1.165) is 50.5 Å². The van der Waals surface area contributed by atoms with Crippen LogP contribution in [-0.4, -0.2) is 70.3 Å². The number of anilines is 1. The normalized spacial score (nSPS) is 20.3. The van der Waals surface area contributed by atoms with Crippen LogP contribution in [0.2, 0.25) is 0 Å². The van der Waals surface area contributed by atoms with E-state index in [1.807, 2.05) is 13.8 Å². The molecule has 0 radical (unpaired) electrons. The lowest BCUT2D eigenvalue weighted by molar-refractivity contribution is -0.120. The molecule has 39 heavy (non-hydrogen) atoms. The molecule has 0 bridgehead atoms. The highest BCUT2D eigenvalue weighted by Crippen LogP contribution is 2.34. The van der Waals surface area contributed by atoms with Gasteiger partial charge in [-0.1, -0.05) is 35.9 Å². The van der Waals surface area contributed by atoms with Crippen LogP contribution >= 0.6 is 23.2 Å². The fourth-order valence-corrected chi connectivity index (χ4v) is 5.78. The van der Waals surface area contributed by atoms with Gasteiger partial charge in [-0.05, 0) is 69.7 Å². The van der Waals surface area contributed by atoms with Gasteiger partial charge in [0.2, 0.25) is 5.91 Å². The van der Waals surface area contributed by atoms with E-state index in [0.29, 0.717) is 39.5 Å². The number of nitrogens with zero attached hydrogens (tertiary/aromatic N) is 7. The van der Waals surface area contributed by atoms with Crippen molar-refractivity contribution in [3.05, 3.63) is 46.3 Å². The largest absolute Gasteiger partial charge is 0.359 e. The third-order valence-corrected chi connectivity index (χ3v) is 8.60. The van der Waals surface area contributed by atoms with Crippen LogP contribution in [0.15, 0.2) is 40.6 Å². The highest BCUT2D eigenvalue weighted by Gasteiger charge is 2.36. The number of fused-ring (bicyclic) bond motifs is 1. The molecule has 9 nitrogen and oxygen atoms in total. The number of carbonyl (C=O) groups is 1. The van der Waals surface area contributed by atoms with E-state index in [1.54, 1.807) is 24.0 Å². The predicted octanol–water partition coefficient (Wildman–Crippen LogP) is 4.75. The lowest BCUT2D eigenvalue weighted by atomic mass is 9.80. The molecule has 2 aliphatic heterocycles. The molecule has 0 aromatic carbocycles. The first-order valence-electron chi connectivity index (χ1n) is 13.4. The van der Waals surface area contributed by atoms with Crippen molar-refractivity contribution < 1.29 is 4.79 Å². The number of carbonyl (C=O) groups excluding carboxylic acids is 1. The van der Waals surface area contributed by atoms with Gasteiger partial charge < -0.3 is 15.1 Å². The number of nitrogens with one attached hydrogen (secondary N) is 1. The monoisotopic (exact) mass is 570 g/mol. The molecule has 0 unspecified atom stereocenters. The molecular formula is C28H36Cl2N8O. The molecule has 11 heteroatoms. The molecule has 4 heterocycles. The predicted molar refractivity (Wildman–Crippen MR) is 156 cm³/mol. The van der Waals surface area contributed by atoms with Gasteiger partial charge in [-0.25, -0.2) is 14.6 Å². The maximum atomic E-state index is 11.5. The maximum absolute atomic E-state index is 11.5. The van der Waals surface area contributed by atoms with Crippen molar-refractivity contribution in [2.45, 2.75) is 45.6 Å². The first kappa shape index (κ1) is 29.1. The van der Waals surface area contributed by atoms with Crippen LogP contribution in [0.5, 0.6) is 0 Å². The second-order valence-corrected chi connectivity index (χ2v) is 11.2. The summed E-state index contributed by atoms with van der Waals surface area (Å²) in [5.74, 6) is 2.15. The number of likely N-dealkylation sites (tertiary alicyclic amines) is 1. The lowest BCUT2D eigenvalue weighted by Crippen LogP contribution is -2.54. The lowest BCUT2D eigenvalue weighted by Gasteiger charge is -2.47. The molecule has 2 saturated heterocycles. The van der Waals surface area contributed by atoms with Gasteiger partial charge >= 0.3 is 0 Å². The Bertz CT molecular complexity index is 1320. The van der Waals surface area contributed by atoms with Gasteiger partial charge in [0.25, 0.3) is 0 Å². The fraction of sp³-hybridized carbons (Fsp3) is 0.536. The van der Waals surface area contributed by atoms with E-state index in [2.05, 4.69) is 37.8 Å². The Morgan fingerprint density at radius 1 is 1.33 bits per heavy atom. The minimum atomic E-state index is -0.266. The number of hydrogen-bond donors (Lipinski definition) is 1. The molecule has 0 aliphatic carbocycles. The molecular weight excluding hydrogens is 535 g/mol. The zero-order valence-corrected chi connectivity index (χ0v) is 24.3. The summed E-state index contributed by atoms with van der Waals surface area (Å²) in [6.07, 6.45) is 8.82. The summed E-state index contributed by atoms with van der Waals surface area (Å²) >= 11 is 12.6. The second-order valence-electron chi connectivity index (χ2n) is 10.4. The first-order chi connectivity index (χ1) is 18.7. The maximum Gasteiger partial charge on any atom is 0.219 e. The van der Waals surface area contributed by atoms with Crippen LogP contribution in [0.3, 0.4) is 0 Å². The molecule has 2 atom stereocenters. The van der Waals surface area contributed by atoms with Crippen LogP contribution in [0.25, 0.3) is 11.2 Å². The number of halogens is 2. The van der Waals surface area contributed by atoms with E-state index in [-0.39, 0.29) is 17.6 Å². The van der Waals surface area contributed by atoms with Crippen LogP contribution in [0.4, 0.5) is 5.82 Å². The molecule has 4 rings (SSSR count). The summed E-state index contributed by atoms with van der Waals surface area (Å²) in [5, 5.41) is 17.8. The average Bonchev–Trinajstić information content (AvgIpc) is 3.29. The highest BCUT2D eigenvalue weighted by molar-refractivity contribution is 6.35. The van der Waals surface area contributed by atoms with Crippen molar-refractivity contribution >= 4 is 46.1 Å². The average molecular weight is 572 g/mol. The van der Waals surface area contributed by atoms with E-state index >= 15 is 0 Å². The minimum absolute atomic E-state index is 0.108. The number of nitriles is 1. The zero-order valence-electron chi connectivity index (χ0n) is 22.8. The summed E-state index contributed by atoms with van der Waals surface area (Å²) in [6.45, 7) is 12.5. The molecule has 1 amide bonds. The van der Waals surface area contributed by atoms with Crippen molar-refractivity contribution in [1.82, 2.24) is 30.0 Å². The summed E-state index contributed by atoms with van der Waals surface area (Å²) in [4.78, 5) is 25.8. The van der Waals surface area contributed by atoms with Gasteiger partial charge in [-0.2, -0.15) is 10.4 Å². The quantitative estimate of drug-likeness (QED) is 0.411. The van der Waals surface area contributed by atoms with Crippen molar-refractivity contribution in [2.24, 2.45) is 11.8 Å². The molecule has 208 valence electrons. The Morgan fingerprint density at radius 2 is 2.10 bits per heavy atom. The number of piperidine rings is 1. The number of allylic oxidation sites excluding steroid dienone is 5. The van der Waals surface area contributed by atoms with E-state index in [4.69, 9.17) is 28.2 Å². The smallest absolute Gasteiger partial charge is 0.219 e. The Labute approximate surface area is 240 Å². The number of rotatable bonds is 10. The van der Waals surface area contributed by atoms with Crippen molar-refractivity contribution in [1.29, 1.82) is 5.26 Å². The number of hydrogen-bond acceptors (Lipinski definition) is 7. The Kier molecular flexibility index (Phi) is 9.65. The van der Waals surface area contributed by atoms with Crippen LogP contribution in [-0.2, 0) is 4.79 Å². The van der Waals surface area contributed by atoms with Crippen molar-refractivity contribution in [3.63, 3.8) is 0 Å². The standard InChI is InChI=1S/C28H36Cl2N8O/c1-5-22(29)12-23(30)18(2)19(3)38-28-27(24(13-31)35-38)33-14-25(34-28)37-16-21(17-37)20-8-6-10-36(15-20)11-7-9-26(39)32-4/h5,12,14,19-21H,1,6-11,15-17H2,2-4H3,(H,32,39)/b22-12+,23-18-/t19-,20-/m1/s1. The van der Waals surface area contributed by atoms with E-state index < -0.39 is 0 Å². The Balaban J connectivity index is 1.46. The second kappa shape index (κ2) is 12.9. The van der Waals surface area contributed by atoms with Crippen molar-refractivity contribution in [3.8, 4) is 6.07 Å². The third kappa shape index (κ3) is 6.63. The third-order valence-electron chi connectivity index (χ3n) is 7.93. The Hall–Kier alpha value is -2.93. The zero-order chi connectivity index (χ0) is 28.1. The summed E-state index contributed by atoms with van der Waals surface area (Å²) in [7, 11) is 1.69. The first-order valence-corrected chi connectivity index (χ1v) is 14.2. The SMILES string of the molecule is C=C/C(Cl)=C\C(Cl)=C(/C)[C@@H](C)n1nc(C#N)c2ncc(N3CC([C@@H]4CCCN(CCCC(=O)NC)C4)C3)nc21. The summed E-state index contributed by atoms with van der Waals surface area (Å²) in [5.41, 5.74) is 2.11. The molecule has 1 N–H and O–H groups in total. The molecule has 0 spiro atoms. The van der Waals surface area contributed by atoms with Gasteiger partial charge in [-0.15, -0.1) is 0 Å². The minimum Gasteiger partial charge on any atom is -0.359 e. The summed E-state index contributed by atoms with van der Waals surface area (Å²) < 4.78 is 1.72. The molecule has 2 fully saturated rings. The van der Waals surface area contributed by atoms with Crippen LogP contribution in [0, 0.1) is 23.2 Å². The highest BCUT2D eigenvalue weighted by atomic mass is 35.5. The number of amides is 1. The van der Waals surface area contributed by atoms with Gasteiger partial charge in [-0.3, -0.25) is 4.79 Å². The number of aromatic nitrogens is 4. The van der Waals surface area contributed by atoms with Gasteiger partial charge in [0.1, 0.15) is 17.4 Å². The van der Waals surface area contributed by atoms with Gasteiger partial charge in [0, 0.05) is 43.2 Å². The Morgan fingerprint density at radius 3 is 2.79 bits per heavy atom. The summed E-state index contributed by atoms with van der Waals surface area (Å²) in [6, 6.07) is 1.87. The molecule has 0 saturated carbocycles. The van der Waals surface area contributed by atoms with E-state index in [1.165, 1.54) is 18.9 Å². The van der Waals surface area contributed by atoms with Gasteiger partial charge in [0.05, 0.1) is 12.2 Å². The fourth-order valence-electron chi connectivity index (χ4n) is 5.34. The van der Waals surface area contributed by atoms with Gasteiger partial charge in [0.15, 0.2) is 11.3 Å². The molecule has 2 aromatic heterocycles. The van der Waals surface area contributed by atoms with Crippen LogP contribution in [0.1, 0.15) is 51.3 Å². The van der Waals surface area contributed by atoms with Crippen LogP contribution < -0.4 is 10.2 Å².